The molecule has 1 unspecified atom stereocenters. The van der Waals surface area contributed by atoms with Gasteiger partial charge >= 0.3 is 0 Å². The maximum absolute atomic E-state index is 10.5. The number of nitrogens with zero attached hydrogens (tertiary/aromatic N) is 1. The summed E-state index contributed by atoms with van der Waals surface area (Å²) < 4.78 is 0. The zero-order valence-corrected chi connectivity index (χ0v) is 7.76. The normalized spacial score (nSPS) is 29.2. The van der Waals surface area contributed by atoms with Crippen LogP contribution in [-0.4, -0.2) is 9.80 Å². The van der Waals surface area contributed by atoms with Gasteiger partial charge in [-0.15, -0.1) is 11.6 Å². The summed E-state index contributed by atoms with van der Waals surface area (Å²) in [6, 6.07) is 0. The van der Waals surface area contributed by atoms with Crippen molar-refractivity contribution in [1.82, 2.24) is 0 Å². The van der Waals surface area contributed by atoms with Gasteiger partial charge in [0.15, 0.2) is 0 Å². The lowest BCUT2D eigenvalue weighted by molar-refractivity contribution is -0.431. The van der Waals surface area contributed by atoms with Gasteiger partial charge in [0, 0.05) is 6.08 Å². The summed E-state index contributed by atoms with van der Waals surface area (Å²) >= 11 is 5.98. The predicted octanol–water partition coefficient (Wildman–Crippen LogP) is 2.49. The van der Waals surface area contributed by atoms with Crippen LogP contribution in [0.3, 0.4) is 0 Å². The largest absolute Gasteiger partial charge is 0.267 e. The topological polar surface area (TPSA) is 43.1 Å². The number of hydrogen-bond acceptors (Lipinski definition) is 2. The molecule has 3 nitrogen and oxygen atoms in total. The van der Waals surface area contributed by atoms with Gasteiger partial charge in [0.25, 0.3) is 5.70 Å². The average molecular weight is 188 g/mol. The summed E-state index contributed by atoms with van der Waals surface area (Å²) in [7, 11) is 0. The van der Waals surface area contributed by atoms with E-state index < -0.39 is 9.80 Å². The Labute approximate surface area is 75.9 Å². The van der Waals surface area contributed by atoms with E-state index in [2.05, 4.69) is 0 Å². The van der Waals surface area contributed by atoms with E-state index in [1.54, 1.807) is 13.0 Å². The molecule has 1 rings (SSSR count). The third-order valence-corrected chi connectivity index (χ3v) is 2.19. The van der Waals surface area contributed by atoms with E-state index >= 15 is 0 Å². The minimum Gasteiger partial charge on any atom is -0.259 e. The molecule has 0 radical (unpaired) electrons. The molecular formula is C8H10ClNO2. The maximum Gasteiger partial charge on any atom is 0.267 e. The van der Waals surface area contributed by atoms with Crippen molar-refractivity contribution >= 4 is 11.6 Å². The second-order valence-electron chi connectivity index (χ2n) is 3.20. The van der Waals surface area contributed by atoms with Gasteiger partial charge in [-0.2, -0.15) is 0 Å². The third-order valence-electron chi connectivity index (χ3n) is 1.87. The van der Waals surface area contributed by atoms with Crippen molar-refractivity contribution in [3.8, 4) is 0 Å². The zero-order chi connectivity index (χ0) is 9.35. The van der Waals surface area contributed by atoms with Gasteiger partial charge in [0.1, 0.15) is 4.87 Å². The van der Waals surface area contributed by atoms with Crippen molar-refractivity contribution in [1.29, 1.82) is 0 Å². The molecular weight excluding hydrogens is 178 g/mol. The van der Waals surface area contributed by atoms with Crippen LogP contribution in [0.1, 0.15) is 20.3 Å². The smallest absolute Gasteiger partial charge is 0.259 e. The van der Waals surface area contributed by atoms with Crippen LogP contribution in [0, 0.1) is 10.1 Å². The summed E-state index contributed by atoms with van der Waals surface area (Å²) in [4.78, 5) is 9.23. The van der Waals surface area contributed by atoms with Crippen molar-refractivity contribution in [2.24, 2.45) is 0 Å². The molecule has 0 heterocycles. The highest BCUT2D eigenvalue weighted by molar-refractivity contribution is 6.25. The first-order valence-corrected chi connectivity index (χ1v) is 4.02. The molecule has 0 bridgehead atoms. The van der Waals surface area contributed by atoms with Gasteiger partial charge in [0.05, 0.1) is 4.92 Å². The molecule has 0 saturated heterocycles. The van der Waals surface area contributed by atoms with E-state index in [4.69, 9.17) is 11.6 Å². The van der Waals surface area contributed by atoms with Crippen LogP contribution in [0.4, 0.5) is 0 Å². The molecule has 12 heavy (non-hydrogen) atoms. The van der Waals surface area contributed by atoms with Gasteiger partial charge in [-0.1, -0.05) is 11.6 Å². The summed E-state index contributed by atoms with van der Waals surface area (Å²) in [6.45, 7) is 3.58. The maximum atomic E-state index is 10.5. The monoisotopic (exact) mass is 187 g/mol. The number of alkyl halides is 1. The molecule has 0 amide bonds. The van der Waals surface area contributed by atoms with Gasteiger partial charge in [-0.25, -0.2) is 0 Å². The van der Waals surface area contributed by atoms with Crippen LogP contribution in [0.2, 0.25) is 0 Å². The number of nitro groups is 1. The lowest BCUT2D eigenvalue weighted by Gasteiger charge is -2.21. The molecule has 0 aromatic rings. The van der Waals surface area contributed by atoms with E-state index in [1.807, 2.05) is 6.92 Å². The van der Waals surface area contributed by atoms with Gasteiger partial charge in [-0.3, -0.25) is 10.1 Å². The Morgan fingerprint density at radius 1 is 1.67 bits per heavy atom. The fourth-order valence-corrected chi connectivity index (χ4v) is 1.66. The number of halogens is 1. The van der Waals surface area contributed by atoms with E-state index in [-0.39, 0.29) is 5.70 Å². The quantitative estimate of drug-likeness (QED) is 0.360. The Hall–Kier alpha value is -0.830. The molecule has 0 aromatic carbocycles. The fraction of sp³-hybridized carbons (Fsp3) is 0.500. The highest BCUT2D eigenvalue weighted by Gasteiger charge is 2.37. The van der Waals surface area contributed by atoms with E-state index in [9.17, 15) is 10.1 Å². The second kappa shape index (κ2) is 2.90. The van der Waals surface area contributed by atoms with Gasteiger partial charge in [0.2, 0.25) is 0 Å². The van der Waals surface area contributed by atoms with Crippen LogP contribution in [0.5, 0.6) is 0 Å². The number of rotatable bonds is 1. The molecule has 66 valence electrons. The molecule has 4 heteroatoms. The van der Waals surface area contributed by atoms with Gasteiger partial charge in [-0.05, 0) is 20.3 Å². The van der Waals surface area contributed by atoms with Crippen LogP contribution < -0.4 is 0 Å². The summed E-state index contributed by atoms with van der Waals surface area (Å²) in [5.74, 6) is 0. The predicted molar refractivity (Wildman–Crippen MR) is 47.7 cm³/mol. The standard InChI is InChI=1S/C8H10ClNO2/c1-6-3-4-7(10(11)12)8(2,9)5-6/h3-4H,5H2,1-2H3. The van der Waals surface area contributed by atoms with Crippen molar-refractivity contribution in [2.45, 2.75) is 25.1 Å². The van der Waals surface area contributed by atoms with E-state index in [0.717, 1.165) is 5.57 Å². The van der Waals surface area contributed by atoms with Crippen molar-refractivity contribution in [3.05, 3.63) is 33.5 Å². The Balaban J connectivity index is 3.04. The van der Waals surface area contributed by atoms with Crippen LogP contribution in [0.25, 0.3) is 0 Å². The Kier molecular flexibility index (Phi) is 2.24. The molecule has 0 fully saturated rings. The number of hydrogen-bond donors (Lipinski definition) is 0. The average Bonchev–Trinajstić information content (AvgIpc) is 1.82. The van der Waals surface area contributed by atoms with Crippen LogP contribution in [0.15, 0.2) is 23.4 Å². The third kappa shape index (κ3) is 1.67. The van der Waals surface area contributed by atoms with Crippen molar-refractivity contribution < 1.29 is 4.92 Å². The lowest BCUT2D eigenvalue weighted by atomic mass is 9.93. The molecule has 1 aliphatic rings. The minimum absolute atomic E-state index is 0.0785. The summed E-state index contributed by atoms with van der Waals surface area (Å²) in [6.07, 6.45) is 3.76. The highest BCUT2D eigenvalue weighted by Crippen LogP contribution is 2.34. The molecule has 0 saturated carbocycles. The summed E-state index contributed by atoms with van der Waals surface area (Å²) in [5.41, 5.74) is 1.15. The zero-order valence-electron chi connectivity index (χ0n) is 7.00. The molecule has 0 spiro atoms. The van der Waals surface area contributed by atoms with Crippen molar-refractivity contribution in [3.63, 3.8) is 0 Å². The Morgan fingerprint density at radius 3 is 2.67 bits per heavy atom. The van der Waals surface area contributed by atoms with E-state index in [1.165, 1.54) is 6.08 Å². The van der Waals surface area contributed by atoms with Gasteiger partial charge < -0.3 is 0 Å². The molecule has 0 aliphatic heterocycles. The molecule has 1 atom stereocenters. The van der Waals surface area contributed by atoms with Crippen molar-refractivity contribution in [2.75, 3.05) is 0 Å². The molecule has 0 N–H and O–H groups in total. The first kappa shape index (κ1) is 9.26. The number of allylic oxidation sites excluding steroid dienone is 4. The lowest BCUT2D eigenvalue weighted by Crippen LogP contribution is -2.27. The first-order chi connectivity index (χ1) is 5.43. The van der Waals surface area contributed by atoms with E-state index in [0.29, 0.717) is 6.42 Å². The Bertz CT molecular complexity index is 279. The fourth-order valence-electron chi connectivity index (χ4n) is 1.32. The van der Waals surface area contributed by atoms with Crippen LogP contribution in [-0.2, 0) is 0 Å². The van der Waals surface area contributed by atoms with Crippen LogP contribution >= 0.6 is 11.6 Å². The SMILES string of the molecule is CC1=CC=C([N+](=O)[O-])C(C)(Cl)C1. The molecule has 1 aliphatic carbocycles. The first-order valence-electron chi connectivity index (χ1n) is 3.65. The molecule has 0 aromatic heterocycles. The Morgan fingerprint density at radius 2 is 2.25 bits per heavy atom. The summed E-state index contributed by atoms with van der Waals surface area (Å²) in [5, 5.41) is 10.5. The second-order valence-corrected chi connectivity index (χ2v) is 4.03. The minimum atomic E-state index is -0.845. The highest BCUT2D eigenvalue weighted by atomic mass is 35.5.